The number of hydrogen-bond acceptors (Lipinski definition) is 7. The maximum atomic E-state index is 5.77. The zero-order chi connectivity index (χ0) is 20.2. The van der Waals surface area contributed by atoms with Crippen LogP contribution >= 0.6 is 0 Å². The predicted molar refractivity (Wildman–Crippen MR) is 117 cm³/mol. The number of nitrogens with zero attached hydrogens (tertiary/aromatic N) is 5. The lowest BCUT2D eigenvalue weighted by molar-refractivity contribution is 0.313. The van der Waals surface area contributed by atoms with E-state index in [1.165, 1.54) is 5.56 Å². The SMILES string of the molecule is Cc1cc(-c2ccnc(Nc3ccc(N4CCN(C)CC4)cn3)n2)ccc1CN. The third-order valence-electron chi connectivity index (χ3n) is 5.37. The Labute approximate surface area is 171 Å². The van der Waals surface area contributed by atoms with Crippen molar-refractivity contribution in [2.75, 3.05) is 43.4 Å². The summed E-state index contributed by atoms with van der Waals surface area (Å²) < 4.78 is 0. The number of pyridine rings is 1. The molecule has 0 aliphatic carbocycles. The highest BCUT2D eigenvalue weighted by Crippen LogP contribution is 2.23. The second kappa shape index (κ2) is 8.55. The summed E-state index contributed by atoms with van der Waals surface area (Å²) in [6.45, 7) is 6.81. The molecule has 3 N–H and O–H groups in total. The molecular formula is C22H27N7. The summed E-state index contributed by atoms with van der Waals surface area (Å²) in [5, 5.41) is 3.21. The van der Waals surface area contributed by atoms with Crippen molar-refractivity contribution in [1.82, 2.24) is 19.9 Å². The van der Waals surface area contributed by atoms with Gasteiger partial charge in [-0.25, -0.2) is 15.0 Å². The molecular weight excluding hydrogens is 362 g/mol. The van der Waals surface area contributed by atoms with Gasteiger partial charge in [0.25, 0.3) is 0 Å². The summed E-state index contributed by atoms with van der Waals surface area (Å²) >= 11 is 0. The molecule has 0 unspecified atom stereocenters. The first-order valence-corrected chi connectivity index (χ1v) is 9.92. The van der Waals surface area contributed by atoms with Crippen LogP contribution in [0.5, 0.6) is 0 Å². The summed E-state index contributed by atoms with van der Waals surface area (Å²) in [5.41, 5.74) is 11.1. The highest BCUT2D eigenvalue weighted by molar-refractivity contribution is 5.63. The van der Waals surface area contributed by atoms with E-state index in [1.807, 2.05) is 24.4 Å². The van der Waals surface area contributed by atoms with E-state index in [-0.39, 0.29) is 0 Å². The van der Waals surface area contributed by atoms with Gasteiger partial charge in [0.05, 0.1) is 17.6 Å². The Morgan fingerprint density at radius 3 is 2.55 bits per heavy atom. The minimum Gasteiger partial charge on any atom is -0.368 e. The van der Waals surface area contributed by atoms with E-state index in [2.05, 4.69) is 62.2 Å². The number of nitrogens with two attached hydrogens (primary N) is 1. The lowest BCUT2D eigenvalue weighted by Crippen LogP contribution is -2.44. The Kier molecular flexibility index (Phi) is 5.69. The molecule has 3 aromatic rings. The predicted octanol–water partition coefficient (Wildman–Crippen LogP) is 2.80. The number of aryl methyl sites for hydroxylation is 1. The normalized spacial score (nSPS) is 14.8. The molecule has 1 fully saturated rings. The summed E-state index contributed by atoms with van der Waals surface area (Å²) in [6, 6.07) is 12.2. The van der Waals surface area contributed by atoms with E-state index in [9.17, 15) is 0 Å². The average molecular weight is 390 g/mol. The molecule has 7 nitrogen and oxygen atoms in total. The van der Waals surface area contributed by atoms with E-state index in [1.54, 1.807) is 6.20 Å². The maximum Gasteiger partial charge on any atom is 0.228 e. The number of hydrogen-bond donors (Lipinski definition) is 2. The van der Waals surface area contributed by atoms with Crippen LogP contribution in [-0.2, 0) is 6.54 Å². The smallest absolute Gasteiger partial charge is 0.228 e. The van der Waals surface area contributed by atoms with Gasteiger partial charge in [-0.05, 0) is 49.4 Å². The monoisotopic (exact) mass is 389 g/mol. The Balaban J connectivity index is 1.47. The van der Waals surface area contributed by atoms with E-state index in [0.29, 0.717) is 12.5 Å². The maximum absolute atomic E-state index is 5.77. The Hall–Kier alpha value is -3.03. The molecule has 3 heterocycles. The fourth-order valence-electron chi connectivity index (χ4n) is 3.49. The molecule has 4 rings (SSSR count). The van der Waals surface area contributed by atoms with Crippen LogP contribution < -0.4 is 16.0 Å². The minimum atomic E-state index is 0.530. The first-order valence-electron chi connectivity index (χ1n) is 9.92. The van der Waals surface area contributed by atoms with Crippen molar-refractivity contribution in [3.8, 4) is 11.3 Å². The minimum absolute atomic E-state index is 0.530. The summed E-state index contributed by atoms with van der Waals surface area (Å²) in [4.78, 5) is 18.2. The lowest BCUT2D eigenvalue weighted by Gasteiger charge is -2.33. The topological polar surface area (TPSA) is 83.2 Å². The van der Waals surface area contributed by atoms with Gasteiger partial charge in [-0.3, -0.25) is 0 Å². The van der Waals surface area contributed by atoms with Crippen molar-refractivity contribution >= 4 is 17.5 Å². The average Bonchev–Trinajstić information content (AvgIpc) is 2.75. The largest absolute Gasteiger partial charge is 0.368 e. The van der Waals surface area contributed by atoms with Crippen LogP contribution in [0.1, 0.15) is 11.1 Å². The highest BCUT2D eigenvalue weighted by Gasteiger charge is 2.14. The fourth-order valence-corrected chi connectivity index (χ4v) is 3.49. The second-order valence-electron chi connectivity index (χ2n) is 7.43. The number of nitrogens with one attached hydrogen (secondary N) is 1. The molecule has 0 radical (unpaired) electrons. The third kappa shape index (κ3) is 4.52. The molecule has 29 heavy (non-hydrogen) atoms. The molecule has 150 valence electrons. The first kappa shape index (κ1) is 19.3. The highest BCUT2D eigenvalue weighted by atomic mass is 15.3. The molecule has 1 aliphatic rings. The second-order valence-corrected chi connectivity index (χ2v) is 7.43. The lowest BCUT2D eigenvalue weighted by atomic mass is 10.0. The van der Waals surface area contributed by atoms with Gasteiger partial charge in [-0.2, -0.15) is 0 Å². The van der Waals surface area contributed by atoms with Crippen LogP contribution in [0.2, 0.25) is 0 Å². The number of piperazine rings is 1. The van der Waals surface area contributed by atoms with E-state index < -0.39 is 0 Å². The fraction of sp³-hybridized carbons (Fsp3) is 0.318. The number of rotatable bonds is 5. The van der Waals surface area contributed by atoms with Gasteiger partial charge >= 0.3 is 0 Å². The summed E-state index contributed by atoms with van der Waals surface area (Å²) in [6.07, 6.45) is 3.67. The van der Waals surface area contributed by atoms with Crippen LogP contribution in [-0.4, -0.2) is 53.1 Å². The van der Waals surface area contributed by atoms with E-state index in [0.717, 1.165) is 54.5 Å². The molecule has 0 spiro atoms. The number of anilines is 3. The van der Waals surface area contributed by atoms with Crippen molar-refractivity contribution in [1.29, 1.82) is 0 Å². The molecule has 1 saturated heterocycles. The molecule has 0 amide bonds. The quantitative estimate of drug-likeness (QED) is 0.694. The number of benzene rings is 1. The van der Waals surface area contributed by atoms with Crippen molar-refractivity contribution in [2.45, 2.75) is 13.5 Å². The first-order chi connectivity index (χ1) is 14.1. The number of likely N-dealkylation sites (N-methyl/N-ethyl adjacent to an activating group) is 1. The van der Waals surface area contributed by atoms with E-state index in [4.69, 9.17) is 5.73 Å². The third-order valence-corrected chi connectivity index (χ3v) is 5.37. The Bertz CT molecular complexity index is 963. The van der Waals surface area contributed by atoms with Crippen molar-refractivity contribution in [2.24, 2.45) is 5.73 Å². The van der Waals surface area contributed by atoms with Gasteiger partial charge in [0.1, 0.15) is 5.82 Å². The molecule has 1 aromatic carbocycles. The van der Waals surface area contributed by atoms with Gasteiger partial charge < -0.3 is 20.9 Å². The van der Waals surface area contributed by atoms with Crippen LogP contribution in [0.3, 0.4) is 0 Å². The molecule has 7 heteroatoms. The van der Waals surface area contributed by atoms with Crippen molar-refractivity contribution in [3.05, 3.63) is 59.9 Å². The van der Waals surface area contributed by atoms with Crippen LogP contribution in [0.25, 0.3) is 11.3 Å². The molecule has 0 saturated carbocycles. The molecule has 1 aliphatic heterocycles. The Morgan fingerprint density at radius 1 is 1.03 bits per heavy atom. The molecule has 2 aromatic heterocycles. The zero-order valence-electron chi connectivity index (χ0n) is 17.0. The van der Waals surface area contributed by atoms with Gasteiger partial charge in [-0.15, -0.1) is 0 Å². The summed E-state index contributed by atoms with van der Waals surface area (Å²) in [7, 11) is 2.16. The summed E-state index contributed by atoms with van der Waals surface area (Å²) in [5.74, 6) is 1.26. The van der Waals surface area contributed by atoms with E-state index >= 15 is 0 Å². The number of aromatic nitrogens is 3. The van der Waals surface area contributed by atoms with Crippen molar-refractivity contribution < 1.29 is 0 Å². The van der Waals surface area contributed by atoms with Gasteiger partial charge in [-0.1, -0.05) is 12.1 Å². The van der Waals surface area contributed by atoms with Crippen LogP contribution in [0.4, 0.5) is 17.5 Å². The zero-order valence-corrected chi connectivity index (χ0v) is 17.0. The van der Waals surface area contributed by atoms with Crippen molar-refractivity contribution in [3.63, 3.8) is 0 Å². The Morgan fingerprint density at radius 2 is 1.86 bits per heavy atom. The molecule has 0 bridgehead atoms. The molecule has 0 atom stereocenters. The van der Waals surface area contributed by atoms with Gasteiger partial charge in [0.2, 0.25) is 5.95 Å². The standard InChI is InChI=1S/C22H27N7/c1-16-13-17(3-4-18(16)14-23)20-7-8-24-22(26-20)27-21-6-5-19(15-25-21)29-11-9-28(2)10-12-29/h3-8,13,15H,9-12,14,23H2,1-2H3,(H,24,25,26,27). The van der Waals surface area contributed by atoms with Crippen LogP contribution in [0.15, 0.2) is 48.8 Å². The van der Waals surface area contributed by atoms with Crippen LogP contribution in [0, 0.1) is 6.92 Å². The van der Waals surface area contributed by atoms with Gasteiger partial charge in [0.15, 0.2) is 0 Å². The van der Waals surface area contributed by atoms with Gasteiger partial charge in [0, 0.05) is 44.5 Å².